The average Bonchev–Trinajstić information content (AvgIpc) is 0.970. The van der Waals surface area contributed by atoms with Crippen LogP contribution in [-0.4, -0.2) is 96.7 Å². The minimum Gasteiger partial charge on any atom is -0.462 e. The Labute approximate surface area is 607 Å². The van der Waals surface area contributed by atoms with Gasteiger partial charge in [-0.25, -0.2) is 9.13 Å². The van der Waals surface area contributed by atoms with Gasteiger partial charge < -0.3 is 33.8 Å². The maximum absolute atomic E-state index is 13.1. The first-order chi connectivity index (χ1) is 47.9. The van der Waals surface area contributed by atoms with Crippen LogP contribution in [0.4, 0.5) is 0 Å². The molecule has 0 aliphatic carbocycles. The van der Waals surface area contributed by atoms with Crippen molar-refractivity contribution in [2.24, 2.45) is 11.8 Å². The van der Waals surface area contributed by atoms with E-state index in [4.69, 9.17) is 37.0 Å². The van der Waals surface area contributed by atoms with Crippen molar-refractivity contribution in [1.29, 1.82) is 0 Å². The molecule has 19 heteroatoms. The predicted molar refractivity (Wildman–Crippen MR) is 405 cm³/mol. The first kappa shape index (κ1) is 97.1. The molecule has 17 nitrogen and oxygen atoms in total. The molecule has 0 saturated heterocycles. The monoisotopic (exact) mass is 1450 g/mol. The predicted octanol–water partition coefficient (Wildman–Crippen LogP) is 23.9. The highest BCUT2D eigenvalue weighted by molar-refractivity contribution is 7.47. The zero-order chi connectivity index (χ0) is 72.8. The standard InChI is InChI=1S/C80H156O17P2/c1-7-9-11-13-15-17-19-20-21-22-23-24-25-26-27-28-31-36-40-46-53-59-65-80(85)96-75(68-90-77(82)62-56-50-44-38-35-32-29-30-34-37-42-48-54-60-72(3)4)70-94-98(86,87)92-66-74(81)67-93-99(88,89)95-71-76(69-91-78(83)63-57-51-47-41-43-49-55-61-73(5)6)97-79(84)64-58-52-45-39-33-18-16-14-12-10-8-2/h72-76,81H,7-71H2,1-6H3,(H,86,87)(H,88,89)/t74-,75-,76-/m1/s1. The number of hydrogen-bond acceptors (Lipinski definition) is 15. The molecule has 0 aliphatic rings. The Morgan fingerprint density at radius 3 is 0.687 bits per heavy atom. The number of aliphatic hydroxyl groups is 1. The second-order valence-electron chi connectivity index (χ2n) is 29.8. The summed E-state index contributed by atoms with van der Waals surface area (Å²) in [5.41, 5.74) is 0. The quantitative estimate of drug-likeness (QED) is 0.0222. The molecular weight excluding hydrogens is 1290 g/mol. The highest BCUT2D eigenvalue weighted by Crippen LogP contribution is 2.45. The highest BCUT2D eigenvalue weighted by atomic mass is 31.2. The third-order valence-electron chi connectivity index (χ3n) is 18.7. The van der Waals surface area contributed by atoms with Crippen molar-refractivity contribution < 1.29 is 80.2 Å². The number of rotatable bonds is 79. The molecule has 2 unspecified atom stereocenters. The zero-order valence-electron chi connectivity index (χ0n) is 64.8. The van der Waals surface area contributed by atoms with Gasteiger partial charge in [0.1, 0.15) is 19.3 Å². The van der Waals surface area contributed by atoms with Crippen LogP contribution in [0.1, 0.15) is 420 Å². The Kier molecular flexibility index (Phi) is 70.3. The summed E-state index contributed by atoms with van der Waals surface area (Å²) in [5, 5.41) is 10.6. The molecule has 0 saturated carbocycles. The summed E-state index contributed by atoms with van der Waals surface area (Å²) in [6.45, 7) is 9.58. The molecule has 0 rings (SSSR count). The SMILES string of the molecule is CCCCCCCCCCCCCCCCCCCCCCCCC(=O)O[C@H](COC(=O)CCCCCCCCCCCCCCCC(C)C)COP(=O)(O)OC[C@@H](O)COP(=O)(O)OC[C@@H](COC(=O)CCCCCCCCCC(C)C)OC(=O)CCCCCCCCCCCCC. The molecule has 0 spiro atoms. The maximum Gasteiger partial charge on any atom is 0.472 e. The van der Waals surface area contributed by atoms with E-state index < -0.39 is 97.5 Å². The minimum absolute atomic E-state index is 0.106. The van der Waals surface area contributed by atoms with E-state index >= 15 is 0 Å². The van der Waals surface area contributed by atoms with Crippen LogP contribution in [0.15, 0.2) is 0 Å². The largest absolute Gasteiger partial charge is 0.472 e. The Morgan fingerprint density at radius 1 is 0.273 bits per heavy atom. The fraction of sp³-hybridized carbons (Fsp3) is 0.950. The number of aliphatic hydroxyl groups excluding tert-OH is 1. The van der Waals surface area contributed by atoms with E-state index in [1.54, 1.807) is 0 Å². The van der Waals surface area contributed by atoms with Crippen LogP contribution in [0.3, 0.4) is 0 Å². The number of hydrogen-bond donors (Lipinski definition) is 3. The van der Waals surface area contributed by atoms with Gasteiger partial charge in [-0.3, -0.25) is 37.3 Å². The van der Waals surface area contributed by atoms with Crippen LogP contribution < -0.4 is 0 Å². The summed E-state index contributed by atoms with van der Waals surface area (Å²) in [6.07, 6.45) is 61.3. The van der Waals surface area contributed by atoms with Gasteiger partial charge in [0.15, 0.2) is 12.2 Å². The molecule has 588 valence electrons. The molecule has 0 aromatic heterocycles. The number of carbonyl (C=O) groups excluding carboxylic acids is 4. The lowest BCUT2D eigenvalue weighted by molar-refractivity contribution is -0.161. The zero-order valence-corrected chi connectivity index (χ0v) is 66.6. The maximum atomic E-state index is 13.1. The topological polar surface area (TPSA) is 237 Å². The molecule has 99 heavy (non-hydrogen) atoms. The molecule has 3 N–H and O–H groups in total. The molecular formula is C80H156O17P2. The van der Waals surface area contributed by atoms with E-state index in [0.717, 1.165) is 102 Å². The number of phosphoric acid groups is 2. The van der Waals surface area contributed by atoms with Gasteiger partial charge in [-0.1, -0.05) is 369 Å². The van der Waals surface area contributed by atoms with Gasteiger partial charge in [-0.05, 0) is 37.5 Å². The molecule has 0 fully saturated rings. The van der Waals surface area contributed by atoms with Crippen LogP contribution >= 0.6 is 15.6 Å². The highest BCUT2D eigenvalue weighted by Gasteiger charge is 2.30. The second kappa shape index (κ2) is 71.7. The van der Waals surface area contributed by atoms with Crippen molar-refractivity contribution in [2.75, 3.05) is 39.6 Å². The lowest BCUT2D eigenvalue weighted by Crippen LogP contribution is -2.30. The van der Waals surface area contributed by atoms with Gasteiger partial charge in [-0.15, -0.1) is 0 Å². The average molecular weight is 1450 g/mol. The van der Waals surface area contributed by atoms with Crippen molar-refractivity contribution >= 4 is 39.5 Å². The smallest absolute Gasteiger partial charge is 0.462 e. The van der Waals surface area contributed by atoms with Crippen LogP contribution in [0.5, 0.6) is 0 Å². The Bertz CT molecular complexity index is 1910. The summed E-state index contributed by atoms with van der Waals surface area (Å²) < 4.78 is 68.6. The molecule has 0 aromatic rings. The van der Waals surface area contributed by atoms with Gasteiger partial charge >= 0.3 is 39.5 Å². The number of carbonyl (C=O) groups is 4. The van der Waals surface area contributed by atoms with E-state index in [9.17, 15) is 43.2 Å². The van der Waals surface area contributed by atoms with Crippen LogP contribution in [0, 0.1) is 11.8 Å². The van der Waals surface area contributed by atoms with E-state index in [0.29, 0.717) is 31.6 Å². The van der Waals surface area contributed by atoms with Crippen molar-refractivity contribution in [3.63, 3.8) is 0 Å². The van der Waals surface area contributed by atoms with Gasteiger partial charge in [0.05, 0.1) is 26.4 Å². The summed E-state index contributed by atoms with van der Waals surface area (Å²) in [6, 6.07) is 0. The normalized spacial score (nSPS) is 13.9. The van der Waals surface area contributed by atoms with Crippen molar-refractivity contribution in [1.82, 2.24) is 0 Å². The Hall–Kier alpha value is -1.94. The Morgan fingerprint density at radius 2 is 0.465 bits per heavy atom. The first-order valence-corrected chi connectivity index (χ1v) is 44.5. The fourth-order valence-electron chi connectivity index (χ4n) is 12.4. The van der Waals surface area contributed by atoms with Crippen molar-refractivity contribution in [3.8, 4) is 0 Å². The number of ether oxygens (including phenoxy) is 4. The summed E-state index contributed by atoms with van der Waals surface area (Å²) >= 11 is 0. The van der Waals surface area contributed by atoms with Gasteiger partial charge in [0, 0.05) is 25.7 Å². The molecule has 0 radical (unpaired) electrons. The van der Waals surface area contributed by atoms with E-state index in [1.807, 2.05) is 0 Å². The summed E-state index contributed by atoms with van der Waals surface area (Å²) in [7, 11) is -9.91. The minimum atomic E-state index is -4.96. The van der Waals surface area contributed by atoms with Crippen molar-refractivity contribution in [2.45, 2.75) is 439 Å². The third-order valence-corrected chi connectivity index (χ3v) is 20.6. The molecule has 0 bridgehead atoms. The molecule has 0 heterocycles. The number of esters is 4. The van der Waals surface area contributed by atoms with E-state index in [-0.39, 0.29) is 25.7 Å². The van der Waals surface area contributed by atoms with Crippen LogP contribution in [-0.2, 0) is 65.4 Å². The molecule has 0 aliphatic heterocycles. The van der Waals surface area contributed by atoms with Crippen LogP contribution in [0.2, 0.25) is 0 Å². The number of unbranched alkanes of at least 4 members (excludes halogenated alkanes) is 49. The second-order valence-corrected chi connectivity index (χ2v) is 32.7. The lowest BCUT2D eigenvalue weighted by Gasteiger charge is -2.21. The van der Waals surface area contributed by atoms with Gasteiger partial charge in [0.2, 0.25) is 0 Å². The summed E-state index contributed by atoms with van der Waals surface area (Å²) in [4.78, 5) is 72.9. The van der Waals surface area contributed by atoms with E-state index in [2.05, 4.69) is 41.5 Å². The van der Waals surface area contributed by atoms with E-state index in [1.165, 1.54) is 231 Å². The van der Waals surface area contributed by atoms with Crippen LogP contribution in [0.25, 0.3) is 0 Å². The molecule has 0 aromatic carbocycles. The molecule has 0 amide bonds. The lowest BCUT2D eigenvalue weighted by atomic mass is 10.0. The number of phosphoric ester groups is 2. The first-order valence-electron chi connectivity index (χ1n) is 41.5. The van der Waals surface area contributed by atoms with Gasteiger partial charge in [0.25, 0.3) is 0 Å². The fourth-order valence-corrected chi connectivity index (χ4v) is 13.9. The Balaban J connectivity index is 5.19. The van der Waals surface area contributed by atoms with Crippen molar-refractivity contribution in [3.05, 3.63) is 0 Å². The van der Waals surface area contributed by atoms with Gasteiger partial charge in [-0.2, -0.15) is 0 Å². The summed E-state index contributed by atoms with van der Waals surface area (Å²) in [5.74, 6) is -0.616. The molecule has 5 atom stereocenters. The third kappa shape index (κ3) is 74.1.